The number of nitrogens with one attached hydrogen (secondary N) is 1. The maximum Gasteiger partial charge on any atom is 0.170 e. The van der Waals surface area contributed by atoms with E-state index in [4.69, 9.17) is 12.2 Å². The Morgan fingerprint density at radius 1 is 1.03 bits per heavy atom. The minimum absolute atomic E-state index is 0.0709. The van der Waals surface area contributed by atoms with Crippen LogP contribution < -0.4 is 5.32 Å². The Morgan fingerprint density at radius 2 is 1.85 bits per heavy atom. The summed E-state index contributed by atoms with van der Waals surface area (Å²) in [5.41, 5.74) is 6.03. The molecule has 33 heavy (non-hydrogen) atoms. The van der Waals surface area contributed by atoms with E-state index in [1.54, 1.807) is 12.3 Å². The number of para-hydroxylation sites is 2. The SMILES string of the molecule is Cc1cc([C@H]2[C@@H](c3ccccn3)NC(=S)N2Cc2cccnc2)c(C)n1-c1ccccc1O. The van der Waals surface area contributed by atoms with Gasteiger partial charge in [0, 0.05) is 36.5 Å². The zero-order chi connectivity index (χ0) is 22.9. The van der Waals surface area contributed by atoms with Crippen LogP contribution in [0.2, 0.25) is 0 Å². The molecule has 0 bridgehead atoms. The normalized spacial score (nSPS) is 17.9. The number of phenols is 1. The number of nitrogens with zero attached hydrogens (tertiary/aromatic N) is 4. The van der Waals surface area contributed by atoms with Crippen LogP contribution >= 0.6 is 12.2 Å². The van der Waals surface area contributed by atoms with Crippen molar-refractivity contribution in [2.45, 2.75) is 32.5 Å². The van der Waals surface area contributed by atoms with Crippen LogP contribution in [-0.2, 0) is 6.54 Å². The van der Waals surface area contributed by atoms with E-state index < -0.39 is 0 Å². The molecule has 166 valence electrons. The standard InChI is InChI=1S/C26H25N5OS/c1-17-14-20(18(2)31(17)22-10-3-4-11-23(22)32)25-24(21-9-5-6-13-28-21)29-26(33)30(25)16-19-8-7-12-27-15-19/h3-15,24-25,32H,16H2,1-2H3,(H,29,33)/t24-,25+/m1/s1. The van der Waals surface area contributed by atoms with Gasteiger partial charge in [-0.15, -0.1) is 0 Å². The molecule has 2 atom stereocenters. The van der Waals surface area contributed by atoms with Gasteiger partial charge in [0.05, 0.1) is 23.5 Å². The summed E-state index contributed by atoms with van der Waals surface area (Å²) >= 11 is 5.81. The van der Waals surface area contributed by atoms with Gasteiger partial charge in [-0.05, 0) is 73.6 Å². The fraction of sp³-hybridized carbons (Fsp3) is 0.192. The summed E-state index contributed by atoms with van der Waals surface area (Å²) in [6.07, 6.45) is 5.46. The second kappa shape index (κ2) is 8.67. The topological polar surface area (TPSA) is 66.2 Å². The molecule has 4 heterocycles. The van der Waals surface area contributed by atoms with Crippen molar-refractivity contribution in [3.8, 4) is 11.4 Å². The number of hydrogen-bond donors (Lipinski definition) is 2. The number of hydrogen-bond acceptors (Lipinski definition) is 4. The third-order valence-corrected chi connectivity index (χ3v) is 6.54. The van der Waals surface area contributed by atoms with Gasteiger partial charge in [0.1, 0.15) is 5.75 Å². The van der Waals surface area contributed by atoms with Gasteiger partial charge in [-0.2, -0.15) is 0 Å². The van der Waals surface area contributed by atoms with Gasteiger partial charge in [-0.1, -0.05) is 24.3 Å². The van der Waals surface area contributed by atoms with E-state index in [-0.39, 0.29) is 17.8 Å². The number of aromatic hydroxyl groups is 1. The number of rotatable bonds is 5. The molecule has 1 saturated heterocycles. The van der Waals surface area contributed by atoms with Crippen molar-refractivity contribution in [2.75, 3.05) is 0 Å². The molecule has 1 fully saturated rings. The molecule has 2 N–H and O–H groups in total. The number of phenolic OH excluding ortho intramolecular Hbond substituents is 1. The van der Waals surface area contributed by atoms with Crippen molar-refractivity contribution in [3.63, 3.8) is 0 Å². The van der Waals surface area contributed by atoms with E-state index in [0.717, 1.165) is 33.9 Å². The van der Waals surface area contributed by atoms with Crippen molar-refractivity contribution in [1.82, 2.24) is 24.8 Å². The van der Waals surface area contributed by atoms with E-state index in [2.05, 4.69) is 50.7 Å². The molecule has 0 amide bonds. The van der Waals surface area contributed by atoms with E-state index in [9.17, 15) is 5.11 Å². The van der Waals surface area contributed by atoms with Crippen LogP contribution in [0.15, 0.2) is 79.3 Å². The Kier molecular flexibility index (Phi) is 5.56. The second-order valence-electron chi connectivity index (χ2n) is 8.27. The minimum atomic E-state index is -0.103. The summed E-state index contributed by atoms with van der Waals surface area (Å²) < 4.78 is 2.10. The quantitative estimate of drug-likeness (QED) is 0.423. The number of pyridine rings is 2. The van der Waals surface area contributed by atoms with E-state index in [1.807, 2.05) is 54.9 Å². The highest BCUT2D eigenvalue weighted by Crippen LogP contribution is 2.42. The van der Waals surface area contributed by atoms with Gasteiger partial charge in [0.25, 0.3) is 0 Å². The fourth-order valence-corrected chi connectivity index (χ4v) is 5.02. The van der Waals surface area contributed by atoms with Crippen LogP contribution in [0.1, 0.15) is 40.3 Å². The van der Waals surface area contributed by atoms with Crippen molar-refractivity contribution in [1.29, 1.82) is 0 Å². The number of benzene rings is 1. The Labute approximate surface area is 198 Å². The fourth-order valence-electron chi connectivity index (χ4n) is 4.71. The molecule has 1 aromatic carbocycles. The van der Waals surface area contributed by atoms with E-state index in [1.165, 1.54) is 0 Å². The average molecular weight is 456 g/mol. The summed E-state index contributed by atoms with van der Waals surface area (Å²) in [6.45, 7) is 4.78. The number of aromatic nitrogens is 3. The zero-order valence-electron chi connectivity index (χ0n) is 18.5. The third kappa shape index (κ3) is 3.85. The largest absolute Gasteiger partial charge is 0.506 e. The highest BCUT2D eigenvalue weighted by atomic mass is 32.1. The minimum Gasteiger partial charge on any atom is -0.506 e. The van der Waals surface area contributed by atoms with Crippen molar-refractivity contribution in [3.05, 3.63) is 107 Å². The molecule has 5 rings (SSSR count). The van der Waals surface area contributed by atoms with Gasteiger partial charge < -0.3 is 19.9 Å². The first kappa shape index (κ1) is 21.2. The molecule has 1 aliphatic heterocycles. The summed E-state index contributed by atoms with van der Waals surface area (Å²) in [4.78, 5) is 11.1. The molecule has 4 aromatic rings. The highest BCUT2D eigenvalue weighted by Gasteiger charge is 2.41. The molecular weight excluding hydrogens is 430 g/mol. The predicted octanol–water partition coefficient (Wildman–Crippen LogP) is 4.76. The summed E-state index contributed by atoms with van der Waals surface area (Å²) in [6, 6.07) is 19.4. The van der Waals surface area contributed by atoms with Gasteiger partial charge in [0.15, 0.2) is 5.11 Å². The van der Waals surface area contributed by atoms with Crippen LogP contribution in [0.5, 0.6) is 5.75 Å². The Balaban J connectivity index is 1.63. The van der Waals surface area contributed by atoms with E-state index in [0.29, 0.717) is 11.7 Å². The zero-order valence-corrected chi connectivity index (χ0v) is 19.3. The highest BCUT2D eigenvalue weighted by molar-refractivity contribution is 7.80. The van der Waals surface area contributed by atoms with Crippen LogP contribution in [0.4, 0.5) is 0 Å². The number of thiocarbonyl (C=S) groups is 1. The first-order chi connectivity index (χ1) is 16.0. The smallest absolute Gasteiger partial charge is 0.170 e. The van der Waals surface area contributed by atoms with Gasteiger partial charge in [-0.25, -0.2) is 0 Å². The lowest BCUT2D eigenvalue weighted by atomic mass is 9.96. The molecule has 7 heteroatoms. The first-order valence-electron chi connectivity index (χ1n) is 10.9. The Bertz CT molecular complexity index is 1290. The van der Waals surface area contributed by atoms with Gasteiger partial charge in [-0.3, -0.25) is 9.97 Å². The van der Waals surface area contributed by atoms with Crippen LogP contribution in [0.25, 0.3) is 5.69 Å². The summed E-state index contributed by atoms with van der Waals surface area (Å²) in [5.74, 6) is 0.249. The summed E-state index contributed by atoms with van der Waals surface area (Å²) in [5, 5.41) is 14.7. The van der Waals surface area contributed by atoms with Crippen LogP contribution in [0.3, 0.4) is 0 Å². The Morgan fingerprint density at radius 3 is 2.58 bits per heavy atom. The molecular formula is C26H25N5OS. The second-order valence-corrected chi connectivity index (χ2v) is 8.65. The molecule has 0 aliphatic carbocycles. The molecule has 6 nitrogen and oxygen atoms in total. The molecule has 1 aliphatic rings. The van der Waals surface area contributed by atoms with Crippen molar-refractivity contribution >= 4 is 17.3 Å². The average Bonchev–Trinajstić information content (AvgIpc) is 3.30. The maximum atomic E-state index is 10.5. The monoisotopic (exact) mass is 455 g/mol. The molecule has 3 aromatic heterocycles. The summed E-state index contributed by atoms with van der Waals surface area (Å²) in [7, 11) is 0. The Hall–Kier alpha value is -3.71. The lowest BCUT2D eigenvalue weighted by Gasteiger charge is -2.28. The van der Waals surface area contributed by atoms with Crippen LogP contribution in [0, 0.1) is 13.8 Å². The van der Waals surface area contributed by atoms with Crippen LogP contribution in [-0.4, -0.2) is 29.7 Å². The van der Waals surface area contributed by atoms with Gasteiger partial charge >= 0.3 is 0 Å². The maximum absolute atomic E-state index is 10.5. The first-order valence-corrected chi connectivity index (χ1v) is 11.3. The molecule has 0 radical (unpaired) electrons. The van der Waals surface area contributed by atoms with Crippen molar-refractivity contribution in [2.24, 2.45) is 0 Å². The lowest BCUT2D eigenvalue weighted by molar-refractivity contribution is 0.310. The number of aryl methyl sites for hydroxylation is 1. The molecule has 0 unspecified atom stereocenters. The molecule has 0 spiro atoms. The third-order valence-electron chi connectivity index (χ3n) is 6.19. The van der Waals surface area contributed by atoms with E-state index >= 15 is 0 Å². The predicted molar refractivity (Wildman–Crippen MR) is 132 cm³/mol. The van der Waals surface area contributed by atoms with Gasteiger partial charge in [0.2, 0.25) is 0 Å². The van der Waals surface area contributed by atoms with Crippen molar-refractivity contribution < 1.29 is 5.11 Å². The molecule has 0 saturated carbocycles. The lowest BCUT2D eigenvalue weighted by Crippen LogP contribution is -2.29.